The Kier molecular flexibility index (Phi) is 5.81. The first-order valence-electron chi connectivity index (χ1n) is 6.47. The molecule has 3 unspecified atom stereocenters. The van der Waals surface area contributed by atoms with Gasteiger partial charge in [0, 0.05) is 6.61 Å². The van der Waals surface area contributed by atoms with E-state index in [-0.39, 0.29) is 11.9 Å². The van der Waals surface area contributed by atoms with Crippen molar-refractivity contribution in [2.24, 2.45) is 11.8 Å². The highest BCUT2D eigenvalue weighted by Crippen LogP contribution is 2.32. The summed E-state index contributed by atoms with van der Waals surface area (Å²) in [7, 11) is 0. The Morgan fingerprint density at radius 1 is 1.31 bits per heavy atom. The number of hydrogen-bond donors (Lipinski definition) is 0. The maximum absolute atomic E-state index is 11.6. The van der Waals surface area contributed by atoms with Gasteiger partial charge in [0.05, 0.1) is 18.6 Å². The van der Waals surface area contributed by atoms with Crippen molar-refractivity contribution in [1.29, 1.82) is 0 Å². The fraction of sp³-hybridized carbons (Fsp3) is 0.923. The summed E-state index contributed by atoms with van der Waals surface area (Å²) in [6.07, 6.45) is 4.79. The van der Waals surface area contributed by atoms with Crippen LogP contribution in [-0.2, 0) is 14.3 Å². The van der Waals surface area contributed by atoms with E-state index in [1.807, 2.05) is 20.8 Å². The van der Waals surface area contributed by atoms with Crippen LogP contribution in [0.4, 0.5) is 0 Å². The SMILES string of the molecule is CCOC(=O)C(C)C1CCCC(OCC)C1. The third-order valence-corrected chi connectivity index (χ3v) is 3.43. The van der Waals surface area contributed by atoms with E-state index < -0.39 is 0 Å². The summed E-state index contributed by atoms with van der Waals surface area (Å²) in [6.45, 7) is 7.11. The van der Waals surface area contributed by atoms with E-state index in [1.165, 1.54) is 6.42 Å². The maximum atomic E-state index is 11.6. The molecule has 3 heteroatoms. The van der Waals surface area contributed by atoms with E-state index in [0.717, 1.165) is 25.9 Å². The number of rotatable bonds is 5. The molecule has 3 nitrogen and oxygen atoms in total. The van der Waals surface area contributed by atoms with Crippen molar-refractivity contribution in [3.8, 4) is 0 Å². The van der Waals surface area contributed by atoms with Crippen LogP contribution in [-0.4, -0.2) is 25.3 Å². The molecule has 16 heavy (non-hydrogen) atoms. The van der Waals surface area contributed by atoms with Gasteiger partial charge in [-0.2, -0.15) is 0 Å². The molecule has 0 spiro atoms. The standard InChI is InChI=1S/C13H24O3/c1-4-15-12-8-6-7-11(9-12)10(3)13(14)16-5-2/h10-12H,4-9H2,1-3H3. The summed E-state index contributed by atoms with van der Waals surface area (Å²) in [5.74, 6) is 0.400. The Bertz CT molecular complexity index is 213. The minimum atomic E-state index is -0.0513. The van der Waals surface area contributed by atoms with Crippen LogP contribution in [0.5, 0.6) is 0 Å². The zero-order valence-corrected chi connectivity index (χ0v) is 10.7. The third-order valence-electron chi connectivity index (χ3n) is 3.43. The lowest BCUT2D eigenvalue weighted by atomic mass is 9.79. The van der Waals surface area contributed by atoms with Crippen molar-refractivity contribution < 1.29 is 14.3 Å². The number of carbonyl (C=O) groups excluding carboxylic acids is 1. The van der Waals surface area contributed by atoms with E-state index in [2.05, 4.69) is 0 Å². The molecule has 0 amide bonds. The Morgan fingerprint density at radius 3 is 2.69 bits per heavy atom. The molecule has 1 aliphatic rings. The molecule has 0 N–H and O–H groups in total. The lowest BCUT2D eigenvalue weighted by molar-refractivity contribution is -0.150. The number of carbonyl (C=O) groups is 1. The molecule has 1 fully saturated rings. The highest BCUT2D eigenvalue weighted by atomic mass is 16.5. The molecule has 0 saturated heterocycles. The molecule has 1 rings (SSSR count). The second kappa shape index (κ2) is 6.89. The molecule has 0 aromatic rings. The van der Waals surface area contributed by atoms with Crippen molar-refractivity contribution in [2.75, 3.05) is 13.2 Å². The minimum Gasteiger partial charge on any atom is -0.466 e. The van der Waals surface area contributed by atoms with E-state index >= 15 is 0 Å². The van der Waals surface area contributed by atoms with Crippen LogP contribution in [0.3, 0.4) is 0 Å². The van der Waals surface area contributed by atoms with E-state index in [9.17, 15) is 4.79 Å². The van der Waals surface area contributed by atoms with E-state index in [4.69, 9.17) is 9.47 Å². The second-order valence-electron chi connectivity index (χ2n) is 4.54. The first-order valence-corrected chi connectivity index (χ1v) is 6.47. The molecule has 0 aromatic heterocycles. The van der Waals surface area contributed by atoms with Crippen LogP contribution in [0.25, 0.3) is 0 Å². The predicted octanol–water partition coefficient (Wildman–Crippen LogP) is 2.78. The van der Waals surface area contributed by atoms with Crippen LogP contribution in [0.1, 0.15) is 46.5 Å². The topological polar surface area (TPSA) is 35.5 Å². The van der Waals surface area contributed by atoms with Crippen molar-refractivity contribution >= 4 is 5.97 Å². The van der Waals surface area contributed by atoms with Crippen LogP contribution in [0.15, 0.2) is 0 Å². The Morgan fingerprint density at radius 2 is 2.06 bits per heavy atom. The maximum Gasteiger partial charge on any atom is 0.308 e. The third kappa shape index (κ3) is 3.78. The van der Waals surface area contributed by atoms with Gasteiger partial charge in [0.2, 0.25) is 0 Å². The number of hydrogen-bond acceptors (Lipinski definition) is 3. The molecule has 94 valence electrons. The van der Waals surface area contributed by atoms with Crippen molar-refractivity contribution in [3.05, 3.63) is 0 Å². The molecular weight excluding hydrogens is 204 g/mol. The molecule has 1 aliphatic carbocycles. The van der Waals surface area contributed by atoms with Crippen LogP contribution in [0.2, 0.25) is 0 Å². The van der Waals surface area contributed by atoms with Gasteiger partial charge < -0.3 is 9.47 Å². The average Bonchev–Trinajstić information content (AvgIpc) is 2.29. The van der Waals surface area contributed by atoms with E-state index in [1.54, 1.807) is 0 Å². The smallest absolute Gasteiger partial charge is 0.308 e. The van der Waals surface area contributed by atoms with Gasteiger partial charge in [-0.05, 0) is 39.0 Å². The van der Waals surface area contributed by atoms with Gasteiger partial charge in [-0.1, -0.05) is 13.3 Å². The summed E-state index contributed by atoms with van der Waals surface area (Å²) < 4.78 is 10.7. The monoisotopic (exact) mass is 228 g/mol. The largest absolute Gasteiger partial charge is 0.466 e. The minimum absolute atomic E-state index is 0.0169. The van der Waals surface area contributed by atoms with Crippen LogP contribution >= 0.6 is 0 Å². The predicted molar refractivity (Wildman–Crippen MR) is 63.2 cm³/mol. The van der Waals surface area contributed by atoms with Gasteiger partial charge in [-0.15, -0.1) is 0 Å². The van der Waals surface area contributed by atoms with Gasteiger partial charge in [-0.3, -0.25) is 4.79 Å². The summed E-state index contributed by atoms with van der Waals surface area (Å²) in [5.41, 5.74) is 0. The normalized spacial score (nSPS) is 27.4. The van der Waals surface area contributed by atoms with Crippen LogP contribution in [0, 0.1) is 11.8 Å². The van der Waals surface area contributed by atoms with Crippen molar-refractivity contribution in [1.82, 2.24) is 0 Å². The lowest BCUT2D eigenvalue weighted by Gasteiger charge is -2.31. The van der Waals surface area contributed by atoms with E-state index in [0.29, 0.717) is 18.6 Å². The van der Waals surface area contributed by atoms with Gasteiger partial charge >= 0.3 is 5.97 Å². The van der Waals surface area contributed by atoms with Crippen molar-refractivity contribution in [3.63, 3.8) is 0 Å². The summed E-state index contributed by atoms with van der Waals surface area (Å²) in [4.78, 5) is 11.6. The summed E-state index contributed by atoms with van der Waals surface area (Å²) >= 11 is 0. The van der Waals surface area contributed by atoms with Crippen molar-refractivity contribution in [2.45, 2.75) is 52.6 Å². The Labute approximate surface area is 98.5 Å². The molecule has 0 aromatic carbocycles. The van der Waals surface area contributed by atoms with Gasteiger partial charge in [0.1, 0.15) is 0 Å². The molecule has 3 atom stereocenters. The molecular formula is C13H24O3. The Balaban J connectivity index is 2.43. The average molecular weight is 228 g/mol. The molecule has 0 heterocycles. The van der Waals surface area contributed by atoms with Crippen LogP contribution < -0.4 is 0 Å². The quantitative estimate of drug-likeness (QED) is 0.679. The highest BCUT2D eigenvalue weighted by Gasteiger charge is 2.30. The summed E-state index contributed by atoms with van der Waals surface area (Å²) in [5, 5.41) is 0. The van der Waals surface area contributed by atoms with Gasteiger partial charge in [0.15, 0.2) is 0 Å². The first-order chi connectivity index (χ1) is 7.69. The zero-order valence-electron chi connectivity index (χ0n) is 10.7. The lowest BCUT2D eigenvalue weighted by Crippen LogP contribution is -2.31. The first kappa shape index (κ1) is 13.5. The molecule has 0 radical (unpaired) electrons. The zero-order chi connectivity index (χ0) is 12.0. The van der Waals surface area contributed by atoms with Gasteiger partial charge in [0.25, 0.3) is 0 Å². The number of ether oxygens (including phenoxy) is 2. The molecule has 0 aliphatic heterocycles. The molecule has 1 saturated carbocycles. The summed E-state index contributed by atoms with van der Waals surface area (Å²) in [6, 6.07) is 0. The second-order valence-corrected chi connectivity index (χ2v) is 4.54. The van der Waals surface area contributed by atoms with Gasteiger partial charge in [-0.25, -0.2) is 0 Å². The highest BCUT2D eigenvalue weighted by molar-refractivity contribution is 5.72. The fourth-order valence-corrected chi connectivity index (χ4v) is 2.49. The fourth-order valence-electron chi connectivity index (χ4n) is 2.49. The number of esters is 1. The Hall–Kier alpha value is -0.570. The molecule has 0 bridgehead atoms.